The standard InChI is InChI=1S/C14H19ClN2O2/c1-3-6-17(7-8-18)10-14(19)16-13-5-4-11(2)9-12(13)15/h3-5,9,18H,1,6-8,10H2,2H3,(H,16,19). The number of aliphatic hydroxyl groups excluding tert-OH is 1. The van der Waals surface area contributed by atoms with Crippen LogP contribution in [-0.2, 0) is 4.79 Å². The van der Waals surface area contributed by atoms with Crippen LogP contribution in [0, 0.1) is 6.92 Å². The van der Waals surface area contributed by atoms with Gasteiger partial charge in [-0.3, -0.25) is 9.69 Å². The summed E-state index contributed by atoms with van der Waals surface area (Å²) in [5, 5.41) is 12.2. The van der Waals surface area contributed by atoms with Crippen LogP contribution in [-0.4, -0.2) is 42.2 Å². The molecule has 0 aliphatic rings. The number of hydrogen-bond acceptors (Lipinski definition) is 3. The average Bonchev–Trinajstić information content (AvgIpc) is 2.33. The predicted octanol–water partition coefficient (Wildman–Crippen LogP) is 2.07. The third-order valence-corrected chi connectivity index (χ3v) is 2.88. The summed E-state index contributed by atoms with van der Waals surface area (Å²) in [5.41, 5.74) is 1.64. The number of amides is 1. The number of aryl methyl sites for hydroxylation is 1. The molecule has 4 nitrogen and oxygen atoms in total. The monoisotopic (exact) mass is 282 g/mol. The van der Waals surface area contributed by atoms with Crippen molar-refractivity contribution in [1.29, 1.82) is 0 Å². The smallest absolute Gasteiger partial charge is 0.238 e. The Balaban J connectivity index is 2.60. The first kappa shape index (κ1) is 15.7. The number of nitrogens with zero attached hydrogens (tertiary/aromatic N) is 1. The highest BCUT2D eigenvalue weighted by Crippen LogP contribution is 2.22. The third-order valence-electron chi connectivity index (χ3n) is 2.57. The van der Waals surface area contributed by atoms with E-state index in [1.807, 2.05) is 13.0 Å². The highest BCUT2D eigenvalue weighted by molar-refractivity contribution is 6.33. The Morgan fingerprint density at radius 1 is 1.58 bits per heavy atom. The number of halogens is 1. The fraction of sp³-hybridized carbons (Fsp3) is 0.357. The lowest BCUT2D eigenvalue weighted by Gasteiger charge is -2.19. The van der Waals surface area contributed by atoms with Crippen LogP contribution in [0.2, 0.25) is 5.02 Å². The molecular weight excluding hydrogens is 264 g/mol. The van der Waals surface area contributed by atoms with E-state index >= 15 is 0 Å². The van der Waals surface area contributed by atoms with Crippen LogP contribution in [0.5, 0.6) is 0 Å². The van der Waals surface area contributed by atoms with Crippen molar-refractivity contribution in [2.45, 2.75) is 6.92 Å². The van der Waals surface area contributed by atoms with Gasteiger partial charge in [0, 0.05) is 13.1 Å². The molecule has 0 aromatic heterocycles. The van der Waals surface area contributed by atoms with Gasteiger partial charge in [0.05, 0.1) is 23.9 Å². The topological polar surface area (TPSA) is 52.6 Å². The summed E-state index contributed by atoms with van der Waals surface area (Å²) in [6.45, 7) is 6.74. The first-order valence-corrected chi connectivity index (χ1v) is 6.44. The van der Waals surface area contributed by atoms with Crippen molar-refractivity contribution in [3.05, 3.63) is 41.4 Å². The fourth-order valence-corrected chi connectivity index (χ4v) is 1.96. The van der Waals surface area contributed by atoms with E-state index in [-0.39, 0.29) is 19.1 Å². The minimum absolute atomic E-state index is 0.00636. The van der Waals surface area contributed by atoms with Gasteiger partial charge in [0.15, 0.2) is 0 Å². The number of hydrogen-bond donors (Lipinski definition) is 2. The van der Waals surface area contributed by atoms with Crippen LogP contribution in [0.1, 0.15) is 5.56 Å². The van der Waals surface area contributed by atoms with Crippen molar-refractivity contribution in [2.24, 2.45) is 0 Å². The van der Waals surface area contributed by atoms with Crippen molar-refractivity contribution in [2.75, 3.05) is 31.6 Å². The zero-order valence-electron chi connectivity index (χ0n) is 11.0. The summed E-state index contributed by atoms with van der Waals surface area (Å²) in [6.07, 6.45) is 1.70. The van der Waals surface area contributed by atoms with Gasteiger partial charge in [0.1, 0.15) is 0 Å². The Hall–Kier alpha value is -1.36. The Bertz CT molecular complexity index is 449. The number of carbonyl (C=O) groups excluding carboxylic acids is 1. The third kappa shape index (κ3) is 5.42. The normalized spacial score (nSPS) is 10.5. The lowest BCUT2D eigenvalue weighted by Crippen LogP contribution is -2.35. The van der Waals surface area contributed by atoms with Gasteiger partial charge < -0.3 is 10.4 Å². The lowest BCUT2D eigenvalue weighted by atomic mass is 10.2. The highest BCUT2D eigenvalue weighted by Gasteiger charge is 2.10. The maximum absolute atomic E-state index is 11.9. The molecule has 1 aromatic carbocycles. The summed E-state index contributed by atoms with van der Waals surface area (Å²) in [7, 11) is 0. The SMILES string of the molecule is C=CCN(CCO)CC(=O)Nc1ccc(C)cc1Cl. The maximum atomic E-state index is 11.9. The van der Waals surface area contributed by atoms with E-state index in [2.05, 4.69) is 11.9 Å². The maximum Gasteiger partial charge on any atom is 0.238 e. The van der Waals surface area contributed by atoms with Crippen LogP contribution in [0.25, 0.3) is 0 Å². The van der Waals surface area contributed by atoms with Crippen LogP contribution in [0.4, 0.5) is 5.69 Å². The van der Waals surface area contributed by atoms with Crippen molar-refractivity contribution in [3.8, 4) is 0 Å². The number of nitrogens with one attached hydrogen (secondary N) is 1. The molecule has 0 fully saturated rings. The average molecular weight is 283 g/mol. The number of carbonyl (C=O) groups is 1. The largest absolute Gasteiger partial charge is 0.395 e. The molecule has 1 amide bonds. The van der Waals surface area contributed by atoms with Crippen LogP contribution < -0.4 is 5.32 Å². The zero-order chi connectivity index (χ0) is 14.3. The fourth-order valence-electron chi connectivity index (χ4n) is 1.67. The summed E-state index contributed by atoms with van der Waals surface area (Å²) >= 11 is 6.05. The molecular formula is C14H19ClN2O2. The van der Waals surface area contributed by atoms with E-state index in [0.717, 1.165) is 5.56 Å². The highest BCUT2D eigenvalue weighted by atomic mass is 35.5. The van der Waals surface area contributed by atoms with Gasteiger partial charge in [0.25, 0.3) is 0 Å². The minimum Gasteiger partial charge on any atom is -0.395 e. The molecule has 0 spiro atoms. The van der Waals surface area contributed by atoms with E-state index in [0.29, 0.717) is 23.8 Å². The van der Waals surface area contributed by atoms with E-state index in [9.17, 15) is 4.79 Å². The Morgan fingerprint density at radius 2 is 2.32 bits per heavy atom. The Morgan fingerprint density at radius 3 is 2.89 bits per heavy atom. The number of benzene rings is 1. The molecule has 1 rings (SSSR count). The first-order chi connectivity index (χ1) is 9.06. The number of anilines is 1. The lowest BCUT2D eigenvalue weighted by molar-refractivity contribution is -0.117. The minimum atomic E-state index is -0.166. The molecule has 104 valence electrons. The molecule has 0 radical (unpaired) electrons. The van der Waals surface area contributed by atoms with Crippen molar-refractivity contribution < 1.29 is 9.90 Å². The summed E-state index contributed by atoms with van der Waals surface area (Å²) < 4.78 is 0. The van der Waals surface area contributed by atoms with Crippen molar-refractivity contribution in [3.63, 3.8) is 0 Å². The molecule has 0 bridgehead atoms. The molecule has 0 heterocycles. The molecule has 0 aliphatic heterocycles. The molecule has 0 aliphatic carbocycles. The quantitative estimate of drug-likeness (QED) is 0.753. The molecule has 0 saturated heterocycles. The first-order valence-electron chi connectivity index (χ1n) is 6.07. The van der Waals surface area contributed by atoms with Gasteiger partial charge >= 0.3 is 0 Å². The predicted molar refractivity (Wildman–Crippen MR) is 78.5 cm³/mol. The zero-order valence-corrected chi connectivity index (χ0v) is 11.8. The van der Waals surface area contributed by atoms with Gasteiger partial charge in [-0.05, 0) is 24.6 Å². The van der Waals surface area contributed by atoms with Crippen molar-refractivity contribution >= 4 is 23.2 Å². The molecule has 1 aromatic rings. The second-order valence-electron chi connectivity index (χ2n) is 4.28. The Kier molecular flexibility index (Phi) is 6.56. The van der Waals surface area contributed by atoms with Crippen LogP contribution in [0.3, 0.4) is 0 Å². The molecule has 2 N–H and O–H groups in total. The van der Waals surface area contributed by atoms with E-state index in [1.54, 1.807) is 23.1 Å². The van der Waals surface area contributed by atoms with Crippen molar-refractivity contribution in [1.82, 2.24) is 4.90 Å². The molecule has 5 heteroatoms. The Labute approximate surface area is 118 Å². The second kappa shape index (κ2) is 7.94. The molecule has 0 atom stereocenters. The molecule has 0 unspecified atom stereocenters. The summed E-state index contributed by atoms with van der Waals surface area (Å²) in [6, 6.07) is 5.46. The molecule has 19 heavy (non-hydrogen) atoms. The number of aliphatic hydroxyl groups is 1. The summed E-state index contributed by atoms with van der Waals surface area (Å²) in [4.78, 5) is 13.7. The van der Waals surface area contributed by atoms with Gasteiger partial charge in [-0.25, -0.2) is 0 Å². The van der Waals surface area contributed by atoms with Gasteiger partial charge in [0.2, 0.25) is 5.91 Å². The summed E-state index contributed by atoms with van der Waals surface area (Å²) in [5.74, 6) is -0.166. The second-order valence-corrected chi connectivity index (χ2v) is 4.69. The van der Waals surface area contributed by atoms with E-state index < -0.39 is 0 Å². The van der Waals surface area contributed by atoms with Crippen LogP contribution >= 0.6 is 11.6 Å². The van der Waals surface area contributed by atoms with Gasteiger partial charge in [-0.15, -0.1) is 6.58 Å². The van der Waals surface area contributed by atoms with Gasteiger partial charge in [-0.2, -0.15) is 0 Å². The van der Waals surface area contributed by atoms with E-state index in [1.165, 1.54) is 0 Å². The molecule has 0 saturated carbocycles. The number of rotatable bonds is 7. The van der Waals surface area contributed by atoms with Crippen LogP contribution in [0.15, 0.2) is 30.9 Å². The van der Waals surface area contributed by atoms with Gasteiger partial charge in [-0.1, -0.05) is 23.7 Å². The van der Waals surface area contributed by atoms with E-state index in [4.69, 9.17) is 16.7 Å².